The second kappa shape index (κ2) is 8.57. The Hall–Kier alpha value is -2.09. The lowest BCUT2D eigenvalue weighted by Gasteiger charge is -2.30. The SMILES string of the molecule is Cc1cc2cnc(NC3CCN(S(C)(=O)=O)CC3)nc2n(CCCS(=O)(=O)O)c1=O. The Kier molecular flexibility index (Phi) is 6.45. The molecular formula is C17H25N5O6S2. The topological polar surface area (TPSA) is 152 Å². The molecule has 0 spiro atoms. The van der Waals surface area contributed by atoms with Gasteiger partial charge in [0, 0.05) is 42.8 Å². The maximum Gasteiger partial charge on any atom is 0.264 e. The first-order valence-corrected chi connectivity index (χ1v) is 12.9. The van der Waals surface area contributed by atoms with E-state index in [0.717, 1.165) is 0 Å². The molecule has 0 saturated carbocycles. The number of aryl methyl sites for hydroxylation is 2. The second-order valence-corrected chi connectivity index (χ2v) is 11.0. The van der Waals surface area contributed by atoms with Crippen molar-refractivity contribution in [2.24, 2.45) is 0 Å². The monoisotopic (exact) mass is 459 g/mol. The fourth-order valence-corrected chi connectivity index (χ4v) is 4.87. The van der Waals surface area contributed by atoms with Crippen molar-refractivity contribution in [1.29, 1.82) is 0 Å². The number of hydrogen-bond acceptors (Lipinski definition) is 8. The van der Waals surface area contributed by atoms with E-state index >= 15 is 0 Å². The molecule has 166 valence electrons. The third-order valence-electron chi connectivity index (χ3n) is 5.05. The summed E-state index contributed by atoms with van der Waals surface area (Å²) in [5.74, 6) is -0.142. The van der Waals surface area contributed by atoms with Crippen molar-refractivity contribution in [2.75, 3.05) is 30.4 Å². The molecule has 0 radical (unpaired) electrons. The van der Waals surface area contributed by atoms with Gasteiger partial charge in [0.05, 0.1) is 12.0 Å². The number of pyridine rings is 1. The molecular weight excluding hydrogens is 434 g/mol. The molecule has 3 heterocycles. The van der Waals surface area contributed by atoms with E-state index in [1.54, 1.807) is 19.2 Å². The summed E-state index contributed by atoms with van der Waals surface area (Å²) in [6.45, 7) is 2.55. The van der Waals surface area contributed by atoms with Gasteiger partial charge in [-0.15, -0.1) is 0 Å². The van der Waals surface area contributed by atoms with Crippen LogP contribution in [-0.4, -0.2) is 71.4 Å². The number of sulfonamides is 1. The van der Waals surface area contributed by atoms with E-state index in [4.69, 9.17) is 4.55 Å². The number of rotatable bonds is 7. The minimum Gasteiger partial charge on any atom is -0.351 e. The van der Waals surface area contributed by atoms with Gasteiger partial charge >= 0.3 is 0 Å². The van der Waals surface area contributed by atoms with Gasteiger partial charge in [0.25, 0.3) is 15.7 Å². The maximum absolute atomic E-state index is 12.6. The van der Waals surface area contributed by atoms with E-state index in [0.29, 0.717) is 48.5 Å². The highest BCUT2D eigenvalue weighted by molar-refractivity contribution is 7.88. The molecule has 13 heteroatoms. The maximum atomic E-state index is 12.6. The summed E-state index contributed by atoms with van der Waals surface area (Å²) in [6.07, 6.45) is 4.04. The minimum absolute atomic E-state index is 0.00870. The Morgan fingerprint density at radius 2 is 1.90 bits per heavy atom. The number of fused-ring (bicyclic) bond motifs is 1. The highest BCUT2D eigenvalue weighted by Gasteiger charge is 2.25. The molecule has 0 aliphatic carbocycles. The van der Waals surface area contributed by atoms with Crippen molar-refractivity contribution in [1.82, 2.24) is 18.8 Å². The van der Waals surface area contributed by atoms with E-state index < -0.39 is 25.9 Å². The standard InChI is InChI=1S/C17H25N5O6S2/c1-12-10-13-11-18-17(19-14-4-7-21(8-5-14)29(2,24)25)20-15(13)22(16(12)23)6-3-9-30(26,27)28/h10-11,14H,3-9H2,1-2H3,(H,18,19,20)(H,26,27,28). The van der Waals surface area contributed by atoms with Gasteiger partial charge in [-0.3, -0.25) is 13.9 Å². The van der Waals surface area contributed by atoms with Crippen LogP contribution in [0, 0.1) is 6.92 Å². The third-order valence-corrected chi connectivity index (χ3v) is 7.15. The van der Waals surface area contributed by atoms with Crippen LogP contribution in [0.1, 0.15) is 24.8 Å². The Morgan fingerprint density at radius 3 is 2.50 bits per heavy atom. The van der Waals surface area contributed by atoms with Gasteiger partial charge < -0.3 is 5.32 Å². The lowest BCUT2D eigenvalue weighted by Crippen LogP contribution is -2.42. The summed E-state index contributed by atoms with van der Waals surface area (Å²) in [5.41, 5.74) is 0.558. The molecule has 1 aliphatic rings. The van der Waals surface area contributed by atoms with Crippen molar-refractivity contribution in [2.45, 2.75) is 38.8 Å². The Balaban J connectivity index is 1.81. The summed E-state index contributed by atoms with van der Waals surface area (Å²) in [6, 6.07) is 1.66. The third kappa shape index (κ3) is 5.53. The van der Waals surface area contributed by atoms with Crippen LogP contribution in [0.5, 0.6) is 0 Å². The summed E-state index contributed by atoms with van der Waals surface area (Å²) >= 11 is 0. The molecule has 2 aromatic heterocycles. The zero-order valence-corrected chi connectivity index (χ0v) is 18.4. The fraction of sp³-hybridized carbons (Fsp3) is 0.588. The number of anilines is 1. The van der Waals surface area contributed by atoms with Crippen molar-refractivity contribution in [3.63, 3.8) is 0 Å². The number of nitrogens with zero attached hydrogens (tertiary/aromatic N) is 4. The van der Waals surface area contributed by atoms with Crippen LogP contribution in [0.3, 0.4) is 0 Å². The average molecular weight is 460 g/mol. The quantitative estimate of drug-likeness (QED) is 0.554. The molecule has 1 fully saturated rings. The summed E-state index contributed by atoms with van der Waals surface area (Å²) in [7, 11) is -7.33. The Bertz CT molecular complexity index is 1200. The van der Waals surface area contributed by atoms with Crippen LogP contribution in [0.15, 0.2) is 17.1 Å². The van der Waals surface area contributed by atoms with Crippen LogP contribution in [0.2, 0.25) is 0 Å². The van der Waals surface area contributed by atoms with Gasteiger partial charge in [-0.2, -0.15) is 13.4 Å². The molecule has 30 heavy (non-hydrogen) atoms. The van der Waals surface area contributed by atoms with Crippen LogP contribution in [0.25, 0.3) is 11.0 Å². The van der Waals surface area contributed by atoms with Gasteiger partial charge in [-0.05, 0) is 32.3 Å². The Morgan fingerprint density at radius 1 is 1.23 bits per heavy atom. The molecule has 2 N–H and O–H groups in total. The summed E-state index contributed by atoms with van der Waals surface area (Å²) < 4.78 is 57.0. The molecule has 11 nitrogen and oxygen atoms in total. The number of piperidine rings is 1. The van der Waals surface area contributed by atoms with Crippen LogP contribution in [0.4, 0.5) is 5.95 Å². The predicted octanol–water partition coefficient (Wildman–Crippen LogP) is 0.214. The predicted molar refractivity (Wildman–Crippen MR) is 113 cm³/mol. The van der Waals surface area contributed by atoms with Gasteiger partial charge in [0.1, 0.15) is 5.65 Å². The summed E-state index contributed by atoms with van der Waals surface area (Å²) in [5, 5.41) is 3.83. The number of hydrogen-bond donors (Lipinski definition) is 2. The zero-order chi connectivity index (χ0) is 22.1. The first kappa shape index (κ1) is 22.6. The second-order valence-electron chi connectivity index (χ2n) is 7.48. The first-order chi connectivity index (χ1) is 13.9. The van der Waals surface area contributed by atoms with E-state index in [-0.39, 0.29) is 24.6 Å². The van der Waals surface area contributed by atoms with Gasteiger partial charge in [-0.1, -0.05) is 0 Å². The van der Waals surface area contributed by atoms with Crippen LogP contribution < -0.4 is 10.9 Å². The smallest absolute Gasteiger partial charge is 0.264 e. The van der Waals surface area contributed by atoms with E-state index in [1.807, 2.05) is 0 Å². The molecule has 0 unspecified atom stereocenters. The molecule has 3 rings (SSSR count). The molecule has 0 amide bonds. The normalized spacial score (nSPS) is 16.8. The molecule has 0 aromatic carbocycles. The molecule has 0 atom stereocenters. The average Bonchev–Trinajstić information content (AvgIpc) is 2.64. The van der Waals surface area contributed by atoms with Gasteiger partial charge in [0.2, 0.25) is 16.0 Å². The fourth-order valence-electron chi connectivity index (χ4n) is 3.50. The zero-order valence-electron chi connectivity index (χ0n) is 16.8. The largest absolute Gasteiger partial charge is 0.351 e. The molecule has 2 aromatic rings. The molecule has 0 bridgehead atoms. The molecule has 1 saturated heterocycles. The number of aromatic nitrogens is 3. The number of nitrogens with one attached hydrogen (secondary N) is 1. The van der Waals surface area contributed by atoms with Gasteiger partial charge in [-0.25, -0.2) is 17.7 Å². The first-order valence-electron chi connectivity index (χ1n) is 9.48. The molecule has 1 aliphatic heterocycles. The van der Waals surface area contributed by atoms with E-state index in [1.165, 1.54) is 15.1 Å². The van der Waals surface area contributed by atoms with Crippen molar-refractivity contribution in [3.8, 4) is 0 Å². The highest BCUT2D eigenvalue weighted by Crippen LogP contribution is 2.18. The lowest BCUT2D eigenvalue weighted by molar-refractivity contribution is 0.331. The van der Waals surface area contributed by atoms with Crippen LogP contribution in [-0.2, 0) is 26.7 Å². The van der Waals surface area contributed by atoms with E-state index in [9.17, 15) is 21.6 Å². The lowest BCUT2D eigenvalue weighted by atomic mass is 10.1. The summed E-state index contributed by atoms with van der Waals surface area (Å²) in [4.78, 5) is 21.3. The Labute approximate surface area is 174 Å². The highest BCUT2D eigenvalue weighted by atomic mass is 32.2. The van der Waals surface area contributed by atoms with E-state index in [2.05, 4.69) is 15.3 Å². The minimum atomic E-state index is -4.12. The van der Waals surface area contributed by atoms with Crippen molar-refractivity contribution < 1.29 is 21.4 Å². The van der Waals surface area contributed by atoms with Crippen molar-refractivity contribution in [3.05, 3.63) is 28.2 Å². The van der Waals surface area contributed by atoms with Gasteiger partial charge in [0.15, 0.2) is 0 Å². The van der Waals surface area contributed by atoms with Crippen LogP contribution >= 0.6 is 0 Å². The van der Waals surface area contributed by atoms with Crippen molar-refractivity contribution >= 4 is 37.1 Å².